The Kier molecular flexibility index (Phi) is 5.85. The van der Waals surface area contributed by atoms with Crippen LogP contribution in [0.25, 0.3) is 11.3 Å². The zero-order chi connectivity index (χ0) is 20.2. The maximum atomic E-state index is 11.3. The molecule has 2 N–H and O–H groups in total. The Bertz CT molecular complexity index is 1010. The third-order valence-corrected chi connectivity index (χ3v) is 5.35. The van der Waals surface area contributed by atoms with Gasteiger partial charge in [-0.3, -0.25) is 19.7 Å². The highest BCUT2D eigenvalue weighted by molar-refractivity contribution is 6.31. The van der Waals surface area contributed by atoms with Crippen molar-refractivity contribution in [3.63, 3.8) is 0 Å². The molecule has 0 spiro atoms. The number of carbonyl (C=O) groups is 1. The summed E-state index contributed by atoms with van der Waals surface area (Å²) >= 11 is 6.32. The minimum Gasteiger partial charge on any atom is -0.369 e. The van der Waals surface area contributed by atoms with Crippen molar-refractivity contribution in [3.05, 3.63) is 82.8 Å². The van der Waals surface area contributed by atoms with Gasteiger partial charge in [0.25, 0.3) is 0 Å². The van der Waals surface area contributed by atoms with Gasteiger partial charge in [0.15, 0.2) is 0 Å². The van der Waals surface area contributed by atoms with E-state index >= 15 is 0 Å². The van der Waals surface area contributed by atoms with Crippen LogP contribution in [0.15, 0.2) is 60.9 Å². The van der Waals surface area contributed by atoms with E-state index in [1.54, 1.807) is 24.5 Å². The van der Waals surface area contributed by atoms with Crippen LogP contribution < -0.4 is 5.73 Å². The summed E-state index contributed by atoms with van der Waals surface area (Å²) in [7, 11) is 0. The molecule has 4 rings (SSSR count). The van der Waals surface area contributed by atoms with Crippen molar-refractivity contribution in [2.45, 2.75) is 12.6 Å². The fourth-order valence-corrected chi connectivity index (χ4v) is 3.67. The van der Waals surface area contributed by atoms with Gasteiger partial charge in [-0.25, -0.2) is 0 Å². The Morgan fingerprint density at radius 2 is 1.90 bits per heavy atom. The number of primary amides is 1. The predicted molar refractivity (Wildman–Crippen MR) is 111 cm³/mol. The normalized spacial score (nSPS) is 17.2. The Balaban J connectivity index is 1.57. The van der Waals surface area contributed by atoms with Crippen molar-refractivity contribution in [3.8, 4) is 11.3 Å². The molecule has 2 aromatic carbocycles. The van der Waals surface area contributed by atoms with Gasteiger partial charge in [-0.1, -0.05) is 41.9 Å². The van der Waals surface area contributed by atoms with E-state index in [0.717, 1.165) is 40.6 Å². The summed E-state index contributed by atoms with van der Waals surface area (Å²) < 4.78 is 6.04. The standard InChI is InChI=1S/C22H21ClN4O2/c23-18-4-2-1-3-17(18)13-27-11-12-29-19(14-27)21-20(25-9-10-26-21)15-5-7-16(8-6-15)22(24)28/h1-10,19H,11-14H2,(H2,24,28)/t19-/m1/s1. The molecule has 1 aromatic heterocycles. The predicted octanol–water partition coefficient (Wildman–Crippen LogP) is 3.47. The maximum Gasteiger partial charge on any atom is 0.248 e. The molecule has 29 heavy (non-hydrogen) atoms. The molecule has 6 nitrogen and oxygen atoms in total. The smallest absolute Gasteiger partial charge is 0.248 e. The van der Waals surface area contributed by atoms with Crippen LogP contribution in [0.3, 0.4) is 0 Å². The second-order valence-electron chi connectivity index (χ2n) is 6.92. The van der Waals surface area contributed by atoms with Crippen LogP contribution in [0.4, 0.5) is 0 Å². The number of carbonyl (C=O) groups excluding carboxylic acids is 1. The van der Waals surface area contributed by atoms with Crippen LogP contribution >= 0.6 is 11.6 Å². The van der Waals surface area contributed by atoms with E-state index < -0.39 is 5.91 Å². The summed E-state index contributed by atoms with van der Waals surface area (Å²) in [5.41, 5.74) is 9.28. The topological polar surface area (TPSA) is 81.3 Å². The van der Waals surface area contributed by atoms with Gasteiger partial charge >= 0.3 is 0 Å². The number of amides is 1. The Labute approximate surface area is 174 Å². The first-order chi connectivity index (χ1) is 14.1. The summed E-state index contributed by atoms with van der Waals surface area (Å²) in [5, 5.41) is 0.769. The second kappa shape index (κ2) is 8.69. The molecule has 0 saturated carbocycles. The number of halogens is 1. The molecule has 1 atom stereocenters. The lowest BCUT2D eigenvalue weighted by Gasteiger charge is -2.33. The molecular formula is C22H21ClN4O2. The van der Waals surface area contributed by atoms with Crippen molar-refractivity contribution >= 4 is 17.5 Å². The molecule has 0 bridgehead atoms. The van der Waals surface area contributed by atoms with Crippen LogP contribution in [0.5, 0.6) is 0 Å². The maximum absolute atomic E-state index is 11.3. The number of morpholine rings is 1. The molecular weight excluding hydrogens is 388 g/mol. The molecule has 1 amide bonds. The van der Waals surface area contributed by atoms with Gasteiger partial charge in [-0.15, -0.1) is 0 Å². The number of ether oxygens (including phenoxy) is 1. The molecule has 7 heteroatoms. The largest absolute Gasteiger partial charge is 0.369 e. The van der Waals surface area contributed by atoms with Gasteiger partial charge in [-0.05, 0) is 23.8 Å². The van der Waals surface area contributed by atoms with Gasteiger partial charge in [0, 0.05) is 48.2 Å². The van der Waals surface area contributed by atoms with Crippen molar-refractivity contribution in [1.82, 2.24) is 14.9 Å². The van der Waals surface area contributed by atoms with Gasteiger partial charge in [0.1, 0.15) is 6.10 Å². The number of rotatable bonds is 5. The number of hydrogen-bond acceptors (Lipinski definition) is 5. The highest BCUT2D eigenvalue weighted by Gasteiger charge is 2.26. The lowest BCUT2D eigenvalue weighted by molar-refractivity contribution is -0.0348. The van der Waals surface area contributed by atoms with Crippen LogP contribution in [0, 0.1) is 0 Å². The van der Waals surface area contributed by atoms with Crippen molar-refractivity contribution in [2.75, 3.05) is 19.7 Å². The van der Waals surface area contributed by atoms with E-state index in [-0.39, 0.29) is 6.10 Å². The van der Waals surface area contributed by atoms with E-state index in [9.17, 15) is 4.79 Å². The zero-order valence-electron chi connectivity index (χ0n) is 15.8. The van der Waals surface area contributed by atoms with Crippen LogP contribution in [-0.2, 0) is 11.3 Å². The number of hydrogen-bond donors (Lipinski definition) is 1. The zero-order valence-corrected chi connectivity index (χ0v) is 16.5. The first kappa shape index (κ1) is 19.5. The molecule has 3 aromatic rings. The number of aromatic nitrogens is 2. The quantitative estimate of drug-likeness (QED) is 0.699. The minimum absolute atomic E-state index is 0.203. The summed E-state index contributed by atoms with van der Waals surface area (Å²) in [6.07, 6.45) is 3.13. The monoisotopic (exact) mass is 408 g/mol. The van der Waals surface area contributed by atoms with Crippen LogP contribution in [0.2, 0.25) is 5.02 Å². The number of nitrogens with zero attached hydrogens (tertiary/aromatic N) is 3. The first-order valence-corrected chi connectivity index (χ1v) is 9.78. The van der Waals surface area contributed by atoms with E-state index in [1.165, 1.54) is 0 Å². The highest BCUT2D eigenvalue weighted by Crippen LogP contribution is 2.30. The molecule has 1 saturated heterocycles. The lowest BCUT2D eigenvalue weighted by atomic mass is 10.0. The Hall–Kier alpha value is -2.80. The van der Waals surface area contributed by atoms with Crippen LogP contribution in [0.1, 0.15) is 27.7 Å². The van der Waals surface area contributed by atoms with Crippen molar-refractivity contribution in [2.24, 2.45) is 5.73 Å². The lowest BCUT2D eigenvalue weighted by Crippen LogP contribution is -2.38. The third kappa shape index (κ3) is 4.45. The van der Waals surface area contributed by atoms with Crippen molar-refractivity contribution < 1.29 is 9.53 Å². The Morgan fingerprint density at radius 3 is 2.66 bits per heavy atom. The van der Waals surface area contributed by atoms with Crippen LogP contribution in [-0.4, -0.2) is 40.5 Å². The third-order valence-electron chi connectivity index (χ3n) is 4.98. The Morgan fingerprint density at radius 1 is 1.14 bits per heavy atom. The molecule has 1 aliphatic rings. The average Bonchev–Trinajstić information content (AvgIpc) is 2.76. The molecule has 2 heterocycles. The van der Waals surface area contributed by atoms with E-state index in [0.29, 0.717) is 18.7 Å². The molecule has 1 fully saturated rings. The fourth-order valence-electron chi connectivity index (χ4n) is 3.48. The van der Waals surface area contributed by atoms with E-state index in [2.05, 4.69) is 14.9 Å². The summed E-state index contributed by atoms with van der Waals surface area (Å²) in [6, 6.07) is 14.9. The first-order valence-electron chi connectivity index (χ1n) is 9.40. The second-order valence-corrected chi connectivity index (χ2v) is 7.32. The van der Waals surface area contributed by atoms with E-state index in [4.69, 9.17) is 22.1 Å². The van der Waals surface area contributed by atoms with Crippen molar-refractivity contribution in [1.29, 1.82) is 0 Å². The van der Waals surface area contributed by atoms with Gasteiger partial charge in [0.2, 0.25) is 5.91 Å². The highest BCUT2D eigenvalue weighted by atomic mass is 35.5. The number of nitrogens with two attached hydrogens (primary N) is 1. The van der Waals surface area contributed by atoms with Gasteiger partial charge in [-0.2, -0.15) is 0 Å². The molecule has 1 aliphatic heterocycles. The summed E-state index contributed by atoms with van der Waals surface area (Å²) in [4.78, 5) is 22.7. The number of benzene rings is 2. The SMILES string of the molecule is NC(=O)c1ccc(-c2nccnc2[C@H]2CN(Cc3ccccc3Cl)CCO2)cc1. The summed E-state index contributed by atoms with van der Waals surface area (Å²) in [5.74, 6) is -0.457. The average molecular weight is 409 g/mol. The molecule has 148 valence electrons. The molecule has 0 unspecified atom stereocenters. The molecule has 0 aliphatic carbocycles. The van der Waals surface area contributed by atoms with E-state index in [1.807, 2.05) is 36.4 Å². The van der Waals surface area contributed by atoms with Gasteiger partial charge < -0.3 is 10.5 Å². The molecule has 0 radical (unpaired) electrons. The minimum atomic E-state index is -0.457. The fraction of sp³-hybridized carbons (Fsp3) is 0.227. The van der Waals surface area contributed by atoms with Gasteiger partial charge in [0.05, 0.1) is 18.0 Å². The summed E-state index contributed by atoms with van der Waals surface area (Å²) in [6.45, 7) is 2.87.